The van der Waals surface area contributed by atoms with Gasteiger partial charge in [-0.25, -0.2) is 4.98 Å². The lowest BCUT2D eigenvalue weighted by molar-refractivity contribution is -0.0573. The van der Waals surface area contributed by atoms with Gasteiger partial charge in [0.25, 0.3) is 0 Å². The normalized spacial score (nSPS) is 18.0. The highest BCUT2D eigenvalue weighted by Gasteiger charge is 2.31. The Bertz CT molecular complexity index is 471. The van der Waals surface area contributed by atoms with Crippen molar-refractivity contribution < 1.29 is 14.9 Å². The van der Waals surface area contributed by atoms with Gasteiger partial charge in [0.2, 0.25) is 0 Å². The van der Waals surface area contributed by atoms with Gasteiger partial charge in [-0.3, -0.25) is 0 Å². The zero-order chi connectivity index (χ0) is 15.5. The summed E-state index contributed by atoms with van der Waals surface area (Å²) < 4.78 is 5.31. The Morgan fingerprint density at radius 2 is 2.00 bits per heavy atom. The second kappa shape index (κ2) is 6.73. The maximum atomic E-state index is 10.6. The molecule has 1 aromatic heterocycles. The summed E-state index contributed by atoms with van der Waals surface area (Å²) >= 11 is 0. The van der Waals surface area contributed by atoms with E-state index in [1.54, 1.807) is 0 Å². The van der Waals surface area contributed by atoms with Gasteiger partial charge in [0, 0.05) is 45.3 Å². The maximum Gasteiger partial charge on any atom is 0.129 e. The number of rotatable bonds is 5. The fraction of sp³-hybridized carbons (Fsp3) is 0.688. The predicted molar refractivity (Wildman–Crippen MR) is 82.5 cm³/mol. The highest BCUT2D eigenvalue weighted by atomic mass is 16.5. The van der Waals surface area contributed by atoms with Gasteiger partial charge < -0.3 is 19.8 Å². The van der Waals surface area contributed by atoms with Gasteiger partial charge >= 0.3 is 0 Å². The SMILES string of the molecule is CC(C)c1cc(CO)cc(N(C)CC2(O)CCOCC2)n1. The molecule has 0 bridgehead atoms. The largest absolute Gasteiger partial charge is 0.392 e. The molecular weight excluding hydrogens is 268 g/mol. The van der Waals surface area contributed by atoms with Crippen molar-refractivity contribution >= 4 is 5.82 Å². The van der Waals surface area contributed by atoms with Crippen molar-refractivity contribution in [3.8, 4) is 0 Å². The molecule has 0 unspecified atom stereocenters. The number of hydrogen-bond donors (Lipinski definition) is 2. The molecule has 1 aliphatic rings. The summed E-state index contributed by atoms with van der Waals surface area (Å²) in [6, 6.07) is 3.82. The molecule has 0 radical (unpaired) electrons. The van der Waals surface area contributed by atoms with Crippen LogP contribution in [0.4, 0.5) is 5.82 Å². The number of nitrogens with zero attached hydrogens (tertiary/aromatic N) is 2. The van der Waals surface area contributed by atoms with E-state index >= 15 is 0 Å². The summed E-state index contributed by atoms with van der Waals surface area (Å²) in [5.41, 5.74) is 1.10. The molecule has 1 aromatic rings. The first-order chi connectivity index (χ1) is 9.93. The molecule has 1 saturated heterocycles. The van der Waals surface area contributed by atoms with E-state index in [0.717, 1.165) is 17.1 Å². The molecule has 2 heterocycles. The van der Waals surface area contributed by atoms with Crippen LogP contribution < -0.4 is 4.90 Å². The Kier molecular flexibility index (Phi) is 5.19. The van der Waals surface area contributed by atoms with Crippen molar-refractivity contribution in [1.82, 2.24) is 4.98 Å². The van der Waals surface area contributed by atoms with E-state index in [-0.39, 0.29) is 6.61 Å². The molecule has 0 saturated carbocycles. The lowest BCUT2D eigenvalue weighted by Crippen LogP contribution is -2.46. The summed E-state index contributed by atoms with van der Waals surface area (Å²) in [7, 11) is 1.93. The third-order valence-corrected chi connectivity index (χ3v) is 4.01. The highest BCUT2D eigenvalue weighted by Crippen LogP contribution is 2.25. The van der Waals surface area contributed by atoms with Crippen molar-refractivity contribution in [2.24, 2.45) is 0 Å². The third kappa shape index (κ3) is 4.15. The van der Waals surface area contributed by atoms with E-state index in [9.17, 15) is 10.2 Å². The molecule has 0 amide bonds. The molecule has 1 aliphatic heterocycles. The van der Waals surface area contributed by atoms with E-state index < -0.39 is 5.60 Å². The van der Waals surface area contributed by atoms with Gasteiger partial charge in [-0.15, -0.1) is 0 Å². The maximum absolute atomic E-state index is 10.6. The molecule has 0 aromatic carbocycles. The van der Waals surface area contributed by atoms with Crippen LogP contribution in [0, 0.1) is 0 Å². The van der Waals surface area contributed by atoms with Crippen LogP contribution in [0.15, 0.2) is 12.1 Å². The van der Waals surface area contributed by atoms with Crippen LogP contribution in [0.1, 0.15) is 43.9 Å². The monoisotopic (exact) mass is 294 g/mol. The molecule has 5 heteroatoms. The highest BCUT2D eigenvalue weighted by molar-refractivity contribution is 5.43. The van der Waals surface area contributed by atoms with Gasteiger partial charge in [-0.1, -0.05) is 13.8 Å². The van der Waals surface area contributed by atoms with Crippen molar-refractivity contribution in [3.05, 3.63) is 23.4 Å². The Balaban J connectivity index is 2.17. The first-order valence-electron chi connectivity index (χ1n) is 7.56. The summed E-state index contributed by atoms with van der Waals surface area (Å²) in [6.45, 7) is 5.90. The van der Waals surface area contributed by atoms with Crippen LogP contribution in [0.5, 0.6) is 0 Å². The number of aromatic nitrogens is 1. The van der Waals surface area contributed by atoms with Gasteiger partial charge in [0.15, 0.2) is 0 Å². The molecule has 1 fully saturated rings. The topological polar surface area (TPSA) is 65.8 Å². The number of aliphatic hydroxyl groups excluding tert-OH is 1. The molecule has 21 heavy (non-hydrogen) atoms. The minimum Gasteiger partial charge on any atom is -0.392 e. The number of aliphatic hydroxyl groups is 2. The van der Waals surface area contributed by atoms with Crippen LogP contribution in [-0.4, -0.2) is 47.6 Å². The van der Waals surface area contributed by atoms with Gasteiger partial charge in [0.1, 0.15) is 5.82 Å². The summed E-state index contributed by atoms with van der Waals surface area (Å²) in [5.74, 6) is 1.10. The minimum absolute atomic E-state index is 0.00118. The summed E-state index contributed by atoms with van der Waals surface area (Å²) in [4.78, 5) is 6.62. The van der Waals surface area contributed by atoms with E-state index in [1.807, 2.05) is 24.1 Å². The fourth-order valence-electron chi connectivity index (χ4n) is 2.61. The molecule has 2 rings (SSSR count). The zero-order valence-electron chi connectivity index (χ0n) is 13.2. The van der Waals surface area contributed by atoms with Crippen molar-refractivity contribution in [2.45, 2.75) is 44.8 Å². The van der Waals surface area contributed by atoms with Crippen LogP contribution >= 0.6 is 0 Å². The van der Waals surface area contributed by atoms with Crippen LogP contribution in [0.25, 0.3) is 0 Å². The van der Waals surface area contributed by atoms with Crippen LogP contribution in [0.3, 0.4) is 0 Å². The quantitative estimate of drug-likeness (QED) is 0.865. The lowest BCUT2D eigenvalue weighted by Gasteiger charge is -2.36. The molecule has 0 spiro atoms. The van der Waals surface area contributed by atoms with Gasteiger partial charge in [-0.05, 0) is 23.6 Å². The second-order valence-corrected chi connectivity index (χ2v) is 6.26. The Morgan fingerprint density at radius 1 is 1.33 bits per heavy atom. The van der Waals surface area contributed by atoms with E-state index in [4.69, 9.17) is 4.74 Å². The number of anilines is 1. The average Bonchev–Trinajstić information content (AvgIpc) is 2.46. The molecule has 5 nitrogen and oxygen atoms in total. The zero-order valence-corrected chi connectivity index (χ0v) is 13.2. The first-order valence-corrected chi connectivity index (χ1v) is 7.56. The number of hydrogen-bond acceptors (Lipinski definition) is 5. The smallest absolute Gasteiger partial charge is 0.129 e. The second-order valence-electron chi connectivity index (χ2n) is 6.26. The van der Waals surface area contributed by atoms with E-state index in [1.165, 1.54) is 0 Å². The number of pyridine rings is 1. The predicted octanol–water partition coefficient (Wildman–Crippen LogP) is 1.68. The molecule has 2 N–H and O–H groups in total. The van der Waals surface area contributed by atoms with E-state index in [2.05, 4.69) is 18.8 Å². The standard InChI is InChI=1S/C16H26N2O3/c1-12(2)14-8-13(10-19)9-15(17-14)18(3)11-16(20)4-6-21-7-5-16/h8-9,12,19-20H,4-7,10-11H2,1-3H3. The lowest BCUT2D eigenvalue weighted by atomic mass is 9.94. The molecular formula is C16H26N2O3. The summed E-state index contributed by atoms with van der Waals surface area (Å²) in [6.07, 6.45) is 1.29. The molecule has 0 aliphatic carbocycles. The Hall–Kier alpha value is -1.17. The molecule has 0 atom stereocenters. The Labute approximate surface area is 126 Å². The van der Waals surface area contributed by atoms with Gasteiger partial charge in [-0.2, -0.15) is 0 Å². The number of ether oxygens (including phenoxy) is 1. The van der Waals surface area contributed by atoms with Crippen molar-refractivity contribution in [2.75, 3.05) is 31.7 Å². The summed E-state index contributed by atoms with van der Waals surface area (Å²) in [5, 5.41) is 20.0. The van der Waals surface area contributed by atoms with Crippen molar-refractivity contribution in [3.63, 3.8) is 0 Å². The Morgan fingerprint density at radius 3 is 2.57 bits per heavy atom. The third-order valence-electron chi connectivity index (χ3n) is 4.01. The first kappa shape index (κ1) is 16.2. The van der Waals surface area contributed by atoms with Gasteiger partial charge in [0.05, 0.1) is 12.2 Å². The number of likely N-dealkylation sites (N-methyl/N-ethyl adjacent to an activating group) is 1. The van der Waals surface area contributed by atoms with Crippen LogP contribution in [-0.2, 0) is 11.3 Å². The minimum atomic E-state index is -0.720. The van der Waals surface area contributed by atoms with E-state index in [0.29, 0.717) is 38.5 Å². The fourth-order valence-corrected chi connectivity index (χ4v) is 2.61. The van der Waals surface area contributed by atoms with Crippen LogP contribution in [0.2, 0.25) is 0 Å². The van der Waals surface area contributed by atoms with Crippen molar-refractivity contribution in [1.29, 1.82) is 0 Å². The molecule has 118 valence electrons. The average molecular weight is 294 g/mol.